The molecule has 0 unspecified atom stereocenters. The van der Waals surface area contributed by atoms with E-state index in [1.165, 1.54) is 17.2 Å². The maximum absolute atomic E-state index is 4.68. The van der Waals surface area contributed by atoms with Crippen LogP contribution in [0, 0.1) is 11.8 Å². The Labute approximate surface area is 78.3 Å². The highest BCUT2D eigenvalue weighted by molar-refractivity contribution is 8.14. The van der Waals surface area contributed by atoms with Crippen molar-refractivity contribution in [3.63, 3.8) is 0 Å². The van der Waals surface area contributed by atoms with Crippen molar-refractivity contribution < 1.29 is 0 Å². The monoisotopic (exact) mass is 181 g/mol. The van der Waals surface area contributed by atoms with Crippen molar-refractivity contribution >= 4 is 16.8 Å². The third-order valence-electron chi connectivity index (χ3n) is 2.54. The van der Waals surface area contributed by atoms with Gasteiger partial charge in [-0.25, -0.2) is 0 Å². The van der Waals surface area contributed by atoms with E-state index >= 15 is 0 Å². The Bertz CT molecular complexity index is 232. The second-order valence-corrected chi connectivity index (χ2v) is 4.73. The van der Waals surface area contributed by atoms with Crippen LogP contribution < -0.4 is 0 Å². The summed E-state index contributed by atoms with van der Waals surface area (Å²) in [6.07, 6.45) is 5.68. The molecule has 1 fully saturated rings. The number of aliphatic imine (C=N–C) groups is 1. The van der Waals surface area contributed by atoms with Gasteiger partial charge in [0.2, 0.25) is 0 Å². The van der Waals surface area contributed by atoms with Gasteiger partial charge in [0, 0.05) is 11.7 Å². The molecule has 0 spiro atoms. The Morgan fingerprint density at radius 3 is 2.92 bits per heavy atom. The zero-order chi connectivity index (χ0) is 8.55. The minimum absolute atomic E-state index is 0.475. The molecule has 66 valence electrons. The molecule has 0 aromatic heterocycles. The van der Waals surface area contributed by atoms with E-state index in [2.05, 4.69) is 31.0 Å². The highest BCUT2D eigenvalue weighted by atomic mass is 32.2. The van der Waals surface area contributed by atoms with Crippen LogP contribution in [0.4, 0.5) is 0 Å². The predicted octanol–water partition coefficient (Wildman–Crippen LogP) is 2.73. The fourth-order valence-corrected chi connectivity index (χ4v) is 2.88. The summed E-state index contributed by atoms with van der Waals surface area (Å²) in [5, 5.41) is 1.42. The van der Waals surface area contributed by atoms with E-state index in [0.717, 1.165) is 11.8 Å². The van der Waals surface area contributed by atoms with E-state index in [9.17, 15) is 0 Å². The van der Waals surface area contributed by atoms with Crippen molar-refractivity contribution in [2.24, 2.45) is 16.8 Å². The molecule has 1 aliphatic carbocycles. The highest BCUT2D eigenvalue weighted by Crippen LogP contribution is 2.44. The summed E-state index contributed by atoms with van der Waals surface area (Å²) < 4.78 is 0. The smallest absolute Gasteiger partial charge is 0.0783 e. The van der Waals surface area contributed by atoms with Crippen LogP contribution in [0.3, 0.4) is 0 Å². The Balaban J connectivity index is 1.96. The molecule has 0 amide bonds. The molecular formula is C10H15NS. The van der Waals surface area contributed by atoms with Crippen LogP contribution in [0.1, 0.15) is 20.3 Å². The second-order valence-electron chi connectivity index (χ2n) is 3.69. The zero-order valence-electron chi connectivity index (χ0n) is 7.66. The molecule has 3 atom stereocenters. The van der Waals surface area contributed by atoms with Crippen LogP contribution in [-0.2, 0) is 0 Å². The van der Waals surface area contributed by atoms with Gasteiger partial charge in [0.05, 0.1) is 11.1 Å². The van der Waals surface area contributed by atoms with Gasteiger partial charge < -0.3 is 0 Å². The SMILES string of the molecule is C/C=C\[C@@H]1CSC([C@H]2C[C@H]2C)=N1. The first-order valence-corrected chi connectivity index (χ1v) is 5.63. The van der Waals surface area contributed by atoms with Crippen molar-refractivity contribution in [3.8, 4) is 0 Å². The van der Waals surface area contributed by atoms with E-state index in [1.54, 1.807) is 0 Å². The summed E-state index contributed by atoms with van der Waals surface area (Å²) in [5.74, 6) is 2.90. The van der Waals surface area contributed by atoms with E-state index in [-0.39, 0.29) is 0 Å². The normalized spacial score (nSPS) is 40.5. The molecule has 1 nitrogen and oxygen atoms in total. The largest absolute Gasteiger partial charge is 0.274 e. The lowest BCUT2D eigenvalue weighted by Crippen LogP contribution is -1.96. The minimum atomic E-state index is 0.475. The van der Waals surface area contributed by atoms with Gasteiger partial charge in [-0.05, 0) is 19.3 Å². The average Bonchev–Trinajstić information content (AvgIpc) is 2.62. The molecule has 2 aliphatic rings. The molecule has 0 aromatic carbocycles. The summed E-state index contributed by atoms with van der Waals surface area (Å²) in [5.41, 5.74) is 0. The summed E-state index contributed by atoms with van der Waals surface area (Å²) in [4.78, 5) is 4.68. The van der Waals surface area contributed by atoms with Crippen LogP contribution in [0.15, 0.2) is 17.1 Å². The number of allylic oxidation sites excluding steroid dienone is 1. The van der Waals surface area contributed by atoms with Crippen LogP contribution in [0.25, 0.3) is 0 Å². The molecule has 1 aliphatic heterocycles. The van der Waals surface area contributed by atoms with Crippen molar-refractivity contribution in [3.05, 3.63) is 12.2 Å². The van der Waals surface area contributed by atoms with Crippen molar-refractivity contribution in [2.75, 3.05) is 5.75 Å². The van der Waals surface area contributed by atoms with Gasteiger partial charge in [-0.2, -0.15) is 0 Å². The van der Waals surface area contributed by atoms with Gasteiger partial charge in [-0.15, -0.1) is 11.8 Å². The number of nitrogens with zero attached hydrogens (tertiary/aromatic N) is 1. The van der Waals surface area contributed by atoms with E-state index in [1.807, 2.05) is 11.8 Å². The molecule has 0 N–H and O–H groups in total. The Morgan fingerprint density at radius 1 is 1.58 bits per heavy atom. The molecule has 0 aromatic rings. The van der Waals surface area contributed by atoms with Crippen molar-refractivity contribution in [1.29, 1.82) is 0 Å². The van der Waals surface area contributed by atoms with Gasteiger partial charge >= 0.3 is 0 Å². The number of hydrogen-bond acceptors (Lipinski definition) is 2. The lowest BCUT2D eigenvalue weighted by Gasteiger charge is -1.93. The lowest BCUT2D eigenvalue weighted by molar-refractivity contribution is 0.910. The molecular weight excluding hydrogens is 166 g/mol. The number of hydrogen-bond donors (Lipinski definition) is 0. The zero-order valence-corrected chi connectivity index (χ0v) is 8.47. The fraction of sp³-hybridized carbons (Fsp3) is 0.700. The molecule has 0 radical (unpaired) electrons. The Morgan fingerprint density at radius 2 is 2.33 bits per heavy atom. The molecule has 1 saturated carbocycles. The topological polar surface area (TPSA) is 12.4 Å². The van der Waals surface area contributed by atoms with Crippen molar-refractivity contribution in [1.82, 2.24) is 0 Å². The standard InChI is InChI=1S/C10H15NS/c1-3-4-8-6-12-10(11-8)9-5-7(9)2/h3-4,7-9H,5-6H2,1-2H3/b4-3-/t7-,8-,9+/m1/s1. The number of rotatable bonds is 2. The molecule has 2 rings (SSSR count). The van der Waals surface area contributed by atoms with E-state index < -0.39 is 0 Å². The fourth-order valence-electron chi connectivity index (χ4n) is 1.60. The van der Waals surface area contributed by atoms with Crippen LogP contribution in [-0.4, -0.2) is 16.8 Å². The van der Waals surface area contributed by atoms with Gasteiger partial charge in [0.1, 0.15) is 0 Å². The maximum atomic E-state index is 4.68. The molecule has 1 heterocycles. The van der Waals surface area contributed by atoms with E-state index in [0.29, 0.717) is 6.04 Å². The summed E-state index contributed by atoms with van der Waals surface area (Å²) in [6.45, 7) is 4.38. The molecule has 12 heavy (non-hydrogen) atoms. The average molecular weight is 181 g/mol. The number of thioether (sulfide) groups is 1. The van der Waals surface area contributed by atoms with Crippen LogP contribution in [0.5, 0.6) is 0 Å². The van der Waals surface area contributed by atoms with Gasteiger partial charge in [0.25, 0.3) is 0 Å². The minimum Gasteiger partial charge on any atom is -0.274 e. The maximum Gasteiger partial charge on any atom is 0.0783 e. The first kappa shape index (κ1) is 8.36. The molecule has 0 bridgehead atoms. The first-order valence-electron chi connectivity index (χ1n) is 4.64. The van der Waals surface area contributed by atoms with Crippen LogP contribution >= 0.6 is 11.8 Å². The highest BCUT2D eigenvalue weighted by Gasteiger charge is 2.39. The second kappa shape index (κ2) is 3.25. The third-order valence-corrected chi connectivity index (χ3v) is 3.75. The third kappa shape index (κ3) is 1.58. The Hall–Kier alpha value is -0.240. The summed E-state index contributed by atoms with van der Waals surface area (Å²) in [7, 11) is 0. The summed E-state index contributed by atoms with van der Waals surface area (Å²) in [6, 6.07) is 0.475. The molecule has 0 saturated heterocycles. The Kier molecular flexibility index (Phi) is 2.26. The summed E-state index contributed by atoms with van der Waals surface area (Å²) >= 11 is 1.96. The van der Waals surface area contributed by atoms with Crippen molar-refractivity contribution in [2.45, 2.75) is 26.3 Å². The van der Waals surface area contributed by atoms with Gasteiger partial charge in [-0.1, -0.05) is 19.1 Å². The lowest BCUT2D eigenvalue weighted by atomic mass is 10.3. The quantitative estimate of drug-likeness (QED) is 0.597. The van der Waals surface area contributed by atoms with E-state index in [4.69, 9.17) is 0 Å². The predicted molar refractivity (Wildman–Crippen MR) is 55.8 cm³/mol. The molecule has 2 heteroatoms. The van der Waals surface area contributed by atoms with Gasteiger partial charge in [-0.3, -0.25) is 4.99 Å². The van der Waals surface area contributed by atoms with Crippen LogP contribution in [0.2, 0.25) is 0 Å². The van der Waals surface area contributed by atoms with Gasteiger partial charge in [0.15, 0.2) is 0 Å². The first-order chi connectivity index (χ1) is 5.81.